The maximum Gasteiger partial charge on any atom is 0.205 e. The van der Waals surface area contributed by atoms with Crippen LogP contribution in [0.5, 0.6) is 0 Å². The summed E-state index contributed by atoms with van der Waals surface area (Å²) in [5.41, 5.74) is 8.51. The standard InChI is InChI=1S/C22H16Cl2N2O2/c23-16-7-6-13(8-17(16)24)20-15(11-25)22(26)28-19-10-14(9-18(27)21(19)20)12-4-2-1-3-5-12/h1-8,14,20H,9-10,26H2/t14-,20+/m0/s1. The van der Waals surface area contributed by atoms with Crippen molar-refractivity contribution < 1.29 is 9.53 Å². The van der Waals surface area contributed by atoms with Crippen LogP contribution in [0.1, 0.15) is 35.8 Å². The second-order valence-electron chi connectivity index (χ2n) is 6.87. The third-order valence-corrected chi connectivity index (χ3v) is 5.95. The fraction of sp³-hybridized carbons (Fsp3) is 0.182. The van der Waals surface area contributed by atoms with Crippen molar-refractivity contribution in [2.45, 2.75) is 24.7 Å². The summed E-state index contributed by atoms with van der Waals surface area (Å²) in [5.74, 6) is -0.0889. The smallest absolute Gasteiger partial charge is 0.205 e. The van der Waals surface area contributed by atoms with Crippen LogP contribution in [-0.2, 0) is 9.53 Å². The average molecular weight is 411 g/mol. The van der Waals surface area contributed by atoms with Gasteiger partial charge >= 0.3 is 0 Å². The second kappa shape index (κ2) is 7.35. The number of ketones is 1. The van der Waals surface area contributed by atoms with Gasteiger partial charge in [-0.15, -0.1) is 0 Å². The second-order valence-corrected chi connectivity index (χ2v) is 7.69. The molecular formula is C22H16Cl2N2O2. The molecule has 0 saturated carbocycles. The molecule has 0 fully saturated rings. The predicted molar refractivity (Wildman–Crippen MR) is 108 cm³/mol. The molecule has 4 rings (SSSR count). The van der Waals surface area contributed by atoms with Crippen LogP contribution in [0.3, 0.4) is 0 Å². The molecule has 0 amide bonds. The van der Waals surface area contributed by atoms with Gasteiger partial charge in [0, 0.05) is 18.4 Å². The summed E-state index contributed by atoms with van der Waals surface area (Å²) in [6, 6.07) is 17.0. The fourth-order valence-corrected chi connectivity index (χ4v) is 4.20. The van der Waals surface area contributed by atoms with E-state index in [-0.39, 0.29) is 23.2 Å². The number of benzene rings is 2. The van der Waals surface area contributed by atoms with E-state index in [0.717, 1.165) is 5.56 Å². The van der Waals surface area contributed by atoms with Gasteiger partial charge in [0.2, 0.25) is 5.88 Å². The molecule has 0 saturated heterocycles. The number of rotatable bonds is 2. The van der Waals surface area contributed by atoms with Gasteiger partial charge in [-0.2, -0.15) is 5.26 Å². The number of halogens is 2. The van der Waals surface area contributed by atoms with Gasteiger partial charge in [0.15, 0.2) is 5.78 Å². The molecule has 140 valence electrons. The van der Waals surface area contributed by atoms with Gasteiger partial charge in [0.1, 0.15) is 17.4 Å². The van der Waals surface area contributed by atoms with Crippen molar-refractivity contribution in [1.29, 1.82) is 5.26 Å². The van der Waals surface area contributed by atoms with Crippen LogP contribution in [0.25, 0.3) is 0 Å². The van der Waals surface area contributed by atoms with E-state index >= 15 is 0 Å². The van der Waals surface area contributed by atoms with Crippen molar-refractivity contribution in [3.8, 4) is 6.07 Å². The summed E-state index contributed by atoms with van der Waals surface area (Å²) in [4.78, 5) is 13.1. The molecule has 2 aromatic rings. The number of hydrogen-bond acceptors (Lipinski definition) is 4. The number of allylic oxidation sites excluding steroid dienone is 3. The molecule has 1 aliphatic heterocycles. The Kier molecular flexibility index (Phi) is 4.89. The zero-order valence-electron chi connectivity index (χ0n) is 14.8. The molecular weight excluding hydrogens is 395 g/mol. The Morgan fingerprint density at radius 1 is 1.04 bits per heavy atom. The topological polar surface area (TPSA) is 76.1 Å². The van der Waals surface area contributed by atoms with Crippen LogP contribution in [0, 0.1) is 11.3 Å². The van der Waals surface area contributed by atoms with Crippen molar-refractivity contribution in [3.05, 3.63) is 92.5 Å². The van der Waals surface area contributed by atoms with Crippen LogP contribution in [-0.4, -0.2) is 5.78 Å². The Morgan fingerprint density at radius 3 is 2.46 bits per heavy atom. The van der Waals surface area contributed by atoms with Crippen LogP contribution >= 0.6 is 23.2 Å². The summed E-state index contributed by atoms with van der Waals surface area (Å²) in [7, 11) is 0. The number of Topliss-reactive ketones (excluding diaryl/α,β-unsaturated/α-hetero) is 1. The van der Waals surface area contributed by atoms with E-state index in [0.29, 0.717) is 39.8 Å². The van der Waals surface area contributed by atoms with E-state index < -0.39 is 5.92 Å². The molecule has 0 unspecified atom stereocenters. The molecule has 0 radical (unpaired) electrons. The lowest BCUT2D eigenvalue weighted by Gasteiger charge is -2.34. The van der Waals surface area contributed by atoms with E-state index in [2.05, 4.69) is 6.07 Å². The Labute approximate surface area is 172 Å². The highest BCUT2D eigenvalue weighted by molar-refractivity contribution is 6.42. The molecule has 0 bridgehead atoms. The van der Waals surface area contributed by atoms with E-state index in [1.54, 1.807) is 18.2 Å². The third-order valence-electron chi connectivity index (χ3n) is 5.21. The molecule has 2 N–H and O–H groups in total. The number of nitriles is 1. The first-order valence-electron chi connectivity index (χ1n) is 8.83. The molecule has 28 heavy (non-hydrogen) atoms. The predicted octanol–water partition coefficient (Wildman–Crippen LogP) is 5.20. The Bertz CT molecular complexity index is 1070. The first-order valence-corrected chi connectivity index (χ1v) is 9.59. The quantitative estimate of drug-likeness (QED) is 0.737. The lowest BCUT2D eigenvalue weighted by molar-refractivity contribution is -0.117. The summed E-state index contributed by atoms with van der Waals surface area (Å²) >= 11 is 12.2. The summed E-state index contributed by atoms with van der Waals surface area (Å²) in [6.07, 6.45) is 0.894. The highest BCUT2D eigenvalue weighted by Gasteiger charge is 2.40. The van der Waals surface area contributed by atoms with Crippen molar-refractivity contribution >= 4 is 29.0 Å². The molecule has 4 nitrogen and oxygen atoms in total. The van der Waals surface area contributed by atoms with Crippen LogP contribution in [0.4, 0.5) is 0 Å². The van der Waals surface area contributed by atoms with Crippen LogP contribution in [0.2, 0.25) is 10.0 Å². The van der Waals surface area contributed by atoms with Gasteiger partial charge in [0.05, 0.1) is 16.0 Å². The van der Waals surface area contributed by atoms with Gasteiger partial charge < -0.3 is 10.5 Å². The SMILES string of the molecule is N#CC1=C(N)OC2=C(C(=O)C[C@H](c3ccccc3)C2)[C@@H]1c1ccc(Cl)c(Cl)c1. The molecule has 2 atom stereocenters. The summed E-state index contributed by atoms with van der Waals surface area (Å²) in [5, 5.41) is 10.4. The highest BCUT2D eigenvalue weighted by atomic mass is 35.5. The zero-order valence-corrected chi connectivity index (χ0v) is 16.3. The number of nitrogens with two attached hydrogens (primary N) is 1. The molecule has 0 spiro atoms. The van der Waals surface area contributed by atoms with Gasteiger partial charge in [-0.25, -0.2) is 0 Å². The minimum Gasteiger partial charge on any atom is -0.444 e. The zero-order chi connectivity index (χ0) is 19.8. The van der Waals surface area contributed by atoms with Crippen LogP contribution < -0.4 is 5.73 Å². The number of ether oxygens (including phenoxy) is 1. The Hall–Kier alpha value is -2.74. The maximum atomic E-state index is 13.1. The Balaban J connectivity index is 1.81. The number of carbonyl (C=O) groups is 1. The Morgan fingerprint density at radius 2 is 1.79 bits per heavy atom. The van der Waals surface area contributed by atoms with Crippen molar-refractivity contribution in [3.63, 3.8) is 0 Å². The van der Waals surface area contributed by atoms with Crippen molar-refractivity contribution in [2.75, 3.05) is 0 Å². The minimum atomic E-state index is -0.604. The van der Waals surface area contributed by atoms with E-state index in [9.17, 15) is 10.1 Å². The molecule has 1 heterocycles. The molecule has 2 aromatic carbocycles. The van der Waals surface area contributed by atoms with E-state index in [4.69, 9.17) is 33.7 Å². The summed E-state index contributed by atoms with van der Waals surface area (Å²) in [6.45, 7) is 0. The number of hydrogen-bond donors (Lipinski definition) is 1. The van der Waals surface area contributed by atoms with Crippen molar-refractivity contribution in [2.24, 2.45) is 5.73 Å². The molecule has 0 aromatic heterocycles. The number of carbonyl (C=O) groups excluding carboxylic acids is 1. The maximum absolute atomic E-state index is 13.1. The minimum absolute atomic E-state index is 0.0124. The molecule has 6 heteroatoms. The monoisotopic (exact) mass is 410 g/mol. The first-order chi connectivity index (χ1) is 13.5. The largest absolute Gasteiger partial charge is 0.444 e. The molecule has 2 aliphatic rings. The first kappa shape index (κ1) is 18.6. The van der Waals surface area contributed by atoms with Crippen LogP contribution in [0.15, 0.2) is 71.3 Å². The highest BCUT2D eigenvalue weighted by Crippen LogP contribution is 2.47. The average Bonchev–Trinajstić information content (AvgIpc) is 2.69. The summed E-state index contributed by atoms with van der Waals surface area (Å²) < 4.78 is 5.76. The lowest BCUT2D eigenvalue weighted by Crippen LogP contribution is -2.29. The van der Waals surface area contributed by atoms with Gasteiger partial charge in [-0.05, 0) is 29.2 Å². The van der Waals surface area contributed by atoms with Gasteiger partial charge in [0.25, 0.3) is 0 Å². The molecule has 1 aliphatic carbocycles. The normalized spacial score (nSPS) is 21.8. The van der Waals surface area contributed by atoms with Crippen molar-refractivity contribution in [1.82, 2.24) is 0 Å². The van der Waals surface area contributed by atoms with Gasteiger partial charge in [-0.1, -0.05) is 59.6 Å². The number of nitrogens with zero attached hydrogens (tertiary/aromatic N) is 1. The third kappa shape index (κ3) is 3.17. The fourth-order valence-electron chi connectivity index (χ4n) is 3.89. The van der Waals surface area contributed by atoms with Gasteiger partial charge in [-0.3, -0.25) is 4.79 Å². The van der Waals surface area contributed by atoms with E-state index in [1.807, 2.05) is 30.3 Å². The lowest BCUT2D eigenvalue weighted by atomic mass is 9.73. The van der Waals surface area contributed by atoms with E-state index in [1.165, 1.54) is 0 Å².